The van der Waals surface area contributed by atoms with E-state index in [0.717, 1.165) is 11.4 Å². The molecule has 0 bridgehead atoms. The minimum atomic E-state index is -0.602. The molecule has 0 radical (unpaired) electrons. The van der Waals surface area contributed by atoms with Crippen molar-refractivity contribution in [2.75, 3.05) is 18.8 Å². The Morgan fingerprint density at radius 2 is 2.16 bits per heavy atom. The Hall–Kier alpha value is -2.61. The number of carbonyl (C=O) groups is 1. The summed E-state index contributed by atoms with van der Waals surface area (Å²) < 4.78 is 0. The highest BCUT2D eigenvalue weighted by atomic mass is 16.3. The molecule has 0 spiro atoms. The number of nitrogens with two attached hydrogens (primary N) is 1. The average Bonchev–Trinajstić information content (AvgIpc) is 2.95. The average molecular weight is 342 g/mol. The molecule has 2 atom stereocenters. The van der Waals surface area contributed by atoms with Crippen molar-refractivity contribution in [2.24, 2.45) is 5.92 Å². The lowest BCUT2D eigenvalue weighted by Gasteiger charge is -2.16. The Kier molecular flexibility index (Phi) is 4.89. The van der Waals surface area contributed by atoms with Gasteiger partial charge < -0.3 is 15.7 Å². The summed E-state index contributed by atoms with van der Waals surface area (Å²) in [6.45, 7) is 4.67. The van der Waals surface area contributed by atoms with Crippen LogP contribution in [0.5, 0.6) is 0 Å². The van der Waals surface area contributed by atoms with Crippen LogP contribution in [0.25, 0.3) is 0 Å². The Morgan fingerprint density at radius 1 is 1.36 bits per heavy atom. The van der Waals surface area contributed by atoms with Crippen LogP contribution in [0.15, 0.2) is 24.7 Å². The fourth-order valence-corrected chi connectivity index (χ4v) is 2.98. The van der Waals surface area contributed by atoms with Crippen molar-refractivity contribution in [1.29, 1.82) is 0 Å². The van der Waals surface area contributed by atoms with Gasteiger partial charge in [0.15, 0.2) is 0 Å². The summed E-state index contributed by atoms with van der Waals surface area (Å²) in [6, 6.07) is 1.67. The SMILES string of the molecule is CC(C)c1cc(C(=O)N2C[C@@H](Cc3cnccn3)[C@H](O)C2)nc(N)n1. The molecule has 8 heteroatoms. The number of aliphatic hydroxyl groups excluding tert-OH is 1. The molecular weight excluding hydrogens is 320 g/mol. The molecule has 25 heavy (non-hydrogen) atoms. The fourth-order valence-electron chi connectivity index (χ4n) is 2.98. The third-order valence-electron chi connectivity index (χ3n) is 4.36. The first-order valence-electron chi connectivity index (χ1n) is 8.30. The monoisotopic (exact) mass is 342 g/mol. The van der Waals surface area contributed by atoms with Crippen molar-refractivity contribution in [3.63, 3.8) is 0 Å². The van der Waals surface area contributed by atoms with Gasteiger partial charge in [-0.3, -0.25) is 14.8 Å². The standard InChI is InChI=1S/C17H22N6O2/c1-10(2)13-6-14(22-17(18)21-13)16(25)23-8-11(15(24)9-23)5-12-7-19-3-4-20-12/h3-4,6-7,10-11,15,24H,5,8-9H2,1-2H3,(H2,18,21,22)/t11-,15-/m1/s1. The summed E-state index contributed by atoms with van der Waals surface area (Å²) in [6.07, 6.45) is 4.88. The number of hydrogen-bond donors (Lipinski definition) is 2. The van der Waals surface area contributed by atoms with Gasteiger partial charge in [0.05, 0.1) is 11.8 Å². The van der Waals surface area contributed by atoms with Crippen LogP contribution in [-0.4, -0.2) is 55.0 Å². The van der Waals surface area contributed by atoms with Gasteiger partial charge in [-0.2, -0.15) is 0 Å². The minimum absolute atomic E-state index is 0.0793. The lowest BCUT2D eigenvalue weighted by atomic mass is 10.0. The Bertz CT molecular complexity index is 752. The van der Waals surface area contributed by atoms with Gasteiger partial charge in [0.2, 0.25) is 5.95 Å². The summed E-state index contributed by atoms with van der Waals surface area (Å²) in [5, 5.41) is 10.3. The van der Waals surface area contributed by atoms with E-state index in [4.69, 9.17) is 5.73 Å². The van der Waals surface area contributed by atoms with Gasteiger partial charge in [0, 0.05) is 43.3 Å². The summed E-state index contributed by atoms with van der Waals surface area (Å²) in [7, 11) is 0. The molecule has 8 nitrogen and oxygen atoms in total. The maximum absolute atomic E-state index is 12.8. The van der Waals surface area contributed by atoms with E-state index in [2.05, 4.69) is 19.9 Å². The smallest absolute Gasteiger partial charge is 0.272 e. The third kappa shape index (κ3) is 3.90. The number of amides is 1. The molecule has 1 aliphatic rings. The molecule has 1 amide bonds. The van der Waals surface area contributed by atoms with Crippen LogP contribution in [0, 0.1) is 5.92 Å². The molecule has 2 aromatic rings. The van der Waals surface area contributed by atoms with Crippen LogP contribution in [0.4, 0.5) is 5.95 Å². The van der Waals surface area contributed by atoms with Gasteiger partial charge in [0.25, 0.3) is 5.91 Å². The van der Waals surface area contributed by atoms with E-state index in [1.807, 2.05) is 13.8 Å². The first kappa shape index (κ1) is 17.2. The molecule has 1 saturated heterocycles. The number of aromatic nitrogens is 4. The lowest BCUT2D eigenvalue weighted by Crippen LogP contribution is -2.30. The zero-order chi connectivity index (χ0) is 18.0. The topological polar surface area (TPSA) is 118 Å². The number of rotatable bonds is 4. The second kappa shape index (κ2) is 7.10. The van der Waals surface area contributed by atoms with E-state index in [9.17, 15) is 9.90 Å². The van der Waals surface area contributed by atoms with E-state index in [1.165, 1.54) is 0 Å². The van der Waals surface area contributed by atoms with Crippen molar-refractivity contribution in [3.05, 3.63) is 41.7 Å². The van der Waals surface area contributed by atoms with Gasteiger partial charge in [0.1, 0.15) is 5.69 Å². The van der Waals surface area contributed by atoms with Crippen LogP contribution in [0.3, 0.4) is 0 Å². The molecule has 3 rings (SSSR count). The van der Waals surface area contributed by atoms with E-state index < -0.39 is 6.10 Å². The lowest BCUT2D eigenvalue weighted by molar-refractivity contribution is 0.0758. The summed E-state index contributed by atoms with van der Waals surface area (Å²) >= 11 is 0. The van der Waals surface area contributed by atoms with Crippen molar-refractivity contribution in [2.45, 2.75) is 32.3 Å². The van der Waals surface area contributed by atoms with Crippen molar-refractivity contribution in [1.82, 2.24) is 24.8 Å². The van der Waals surface area contributed by atoms with E-state index in [0.29, 0.717) is 13.0 Å². The summed E-state index contributed by atoms with van der Waals surface area (Å²) in [4.78, 5) is 30.9. The Balaban J connectivity index is 1.73. The van der Waals surface area contributed by atoms with Gasteiger partial charge in [-0.15, -0.1) is 0 Å². The van der Waals surface area contributed by atoms with Crippen LogP contribution in [0.1, 0.15) is 41.6 Å². The van der Waals surface area contributed by atoms with Gasteiger partial charge >= 0.3 is 0 Å². The second-order valence-corrected chi connectivity index (χ2v) is 6.63. The van der Waals surface area contributed by atoms with Crippen LogP contribution in [-0.2, 0) is 6.42 Å². The molecule has 1 fully saturated rings. The first-order valence-corrected chi connectivity index (χ1v) is 8.30. The third-order valence-corrected chi connectivity index (χ3v) is 4.36. The molecule has 132 valence electrons. The minimum Gasteiger partial charge on any atom is -0.391 e. The van der Waals surface area contributed by atoms with E-state index in [1.54, 1.807) is 29.6 Å². The number of hydrogen-bond acceptors (Lipinski definition) is 7. The molecule has 2 aromatic heterocycles. The number of carbonyl (C=O) groups excluding carboxylic acids is 1. The highest BCUT2D eigenvalue weighted by molar-refractivity contribution is 5.93. The summed E-state index contributed by atoms with van der Waals surface area (Å²) in [5.74, 6) is -0.0862. The summed E-state index contributed by atoms with van der Waals surface area (Å²) in [5.41, 5.74) is 7.53. The zero-order valence-corrected chi connectivity index (χ0v) is 14.3. The van der Waals surface area contributed by atoms with E-state index in [-0.39, 0.29) is 35.9 Å². The molecule has 0 aliphatic carbocycles. The predicted octanol–water partition coefficient (Wildman–Crippen LogP) is 0.648. The molecule has 0 unspecified atom stereocenters. The van der Waals surface area contributed by atoms with Crippen molar-refractivity contribution in [3.8, 4) is 0 Å². The normalized spacial score (nSPS) is 20.2. The molecule has 1 aliphatic heterocycles. The van der Waals surface area contributed by atoms with Crippen LogP contribution >= 0.6 is 0 Å². The highest BCUT2D eigenvalue weighted by Crippen LogP contribution is 2.23. The first-order chi connectivity index (χ1) is 11.9. The van der Waals surface area contributed by atoms with E-state index >= 15 is 0 Å². The molecule has 0 saturated carbocycles. The van der Waals surface area contributed by atoms with Gasteiger partial charge in [-0.1, -0.05) is 13.8 Å². The second-order valence-electron chi connectivity index (χ2n) is 6.63. The number of nitrogen functional groups attached to an aromatic ring is 1. The zero-order valence-electron chi connectivity index (χ0n) is 14.3. The number of anilines is 1. The number of nitrogens with zero attached hydrogens (tertiary/aromatic N) is 5. The predicted molar refractivity (Wildman–Crippen MR) is 91.7 cm³/mol. The van der Waals surface area contributed by atoms with Crippen LogP contribution in [0.2, 0.25) is 0 Å². The highest BCUT2D eigenvalue weighted by Gasteiger charge is 2.35. The Morgan fingerprint density at radius 3 is 2.84 bits per heavy atom. The molecule has 3 N–H and O–H groups in total. The van der Waals surface area contributed by atoms with Crippen LogP contribution < -0.4 is 5.73 Å². The largest absolute Gasteiger partial charge is 0.391 e. The number of β-amino-alcohol motifs (C(OH)–C–C–N with tert-alkyl or cyclic N) is 1. The quantitative estimate of drug-likeness (QED) is 0.837. The maximum Gasteiger partial charge on any atom is 0.272 e. The fraction of sp³-hybridized carbons (Fsp3) is 0.471. The van der Waals surface area contributed by atoms with Crippen molar-refractivity contribution >= 4 is 11.9 Å². The number of likely N-dealkylation sites (tertiary alicyclic amines) is 1. The number of aliphatic hydroxyl groups is 1. The molecule has 0 aromatic carbocycles. The molecular formula is C17H22N6O2. The maximum atomic E-state index is 12.8. The molecule has 3 heterocycles. The van der Waals surface area contributed by atoms with Crippen molar-refractivity contribution < 1.29 is 9.90 Å². The van der Waals surface area contributed by atoms with Gasteiger partial charge in [-0.05, 0) is 18.4 Å². The van der Waals surface area contributed by atoms with Gasteiger partial charge in [-0.25, -0.2) is 9.97 Å². The Labute approximate surface area is 146 Å².